The Labute approximate surface area is 112 Å². The highest BCUT2D eigenvalue weighted by molar-refractivity contribution is 4.65. The van der Waals surface area contributed by atoms with Crippen LogP contribution in [0, 0.1) is 5.92 Å². The van der Waals surface area contributed by atoms with E-state index in [0.29, 0.717) is 19.7 Å². The van der Waals surface area contributed by atoms with Crippen molar-refractivity contribution in [1.82, 2.24) is 5.32 Å². The predicted molar refractivity (Wildman–Crippen MR) is 74.7 cm³/mol. The average Bonchev–Trinajstić information content (AvgIpc) is 2.33. The van der Waals surface area contributed by atoms with Gasteiger partial charge in [-0.1, -0.05) is 40.0 Å². The number of hydrogen-bond acceptors (Lipinski definition) is 4. The molecule has 0 aliphatic heterocycles. The lowest BCUT2D eigenvalue weighted by atomic mass is 10.1. The van der Waals surface area contributed by atoms with E-state index in [4.69, 9.17) is 4.74 Å². The van der Waals surface area contributed by atoms with Gasteiger partial charge in [-0.25, -0.2) is 0 Å². The summed E-state index contributed by atoms with van der Waals surface area (Å²) in [5, 5.41) is 22.2. The van der Waals surface area contributed by atoms with E-state index in [-0.39, 0.29) is 12.0 Å². The van der Waals surface area contributed by atoms with Crippen LogP contribution in [0.1, 0.15) is 46.5 Å². The van der Waals surface area contributed by atoms with Crippen LogP contribution in [0.5, 0.6) is 0 Å². The van der Waals surface area contributed by atoms with E-state index in [1.165, 1.54) is 19.3 Å². The highest BCUT2D eigenvalue weighted by Crippen LogP contribution is 2.00. The zero-order valence-electron chi connectivity index (χ0n) is 12.2. The standard InChI is InChI=1S/C14H31NO3/c1-4-5-6-7-8-18-11-13(16)9-15-10-14(17)12(2)3/h12-17H,4-11H2,1-3H3. The quantitative estimate of drug-likeness (QED) is 0.467. The van der Waals surface area contributed by atoms with Crippen molar-refractivity contribution in [3.05, 3.63) is 0 Å². The molecule has 0 radical (unpaired) electrons. The molecule has 0 aliphatic rings. The van der Waals surface area contributed by atoms with Crippen LogP contribution >= 0.6 is 0 Å². The van der Waals surface area contributed by atoms with Gasteiger partial charge in [0.2, 0.25) is 0 Å². The van der Waals surface area contributed by atoms with E-state index in [1.807, 2.05) is 13.8 Å². The molecule has 0 aromatic carbocycles. The molecule has 0 bridgehead atoms. The molecule has 2 unspecified atom stereocenters. The van der Waals surface area contributed by atoms with Gasteiger partial charge in [-0.05, 0) is 12.3 Å². The van der Waals surface area contributed by atoms with Crippen molar-refractivity contribution in [2.45, 2.75) is 58.7 Å². The first-order valence-corrected chi connectivity index (χ1v) is 7.22. The number of aliphatic hydroxyl groups is 2. The summed E-state index contributed by atoms with van der Waals surface area (Å²) in [6.07, 6.45) is 3.90. The molecule has 0 heterocycles. The van der Waals surface area contributed by atoms with Gasteiger partial charge in [0.25, 0.3) is 0 Å². The molecule has 0 saturated heterocycles. The summed E-state index contributed by atoms with van der Waals surface area (Å²) >= 11 is 0. The average molecular weight is 261 g/mol. The molecule has 0 fully saturated rings. The van der Waals surface area contributed by atoms with Gasteiger partial charge in [0, 0.05) is 19.7 Å². The smallest absolute Gasteiger partial charge is 0.0897 e. The van der Waals surface area contributed by atoms with E-state index >= 15 is 0 Å². The topological polar surface area (TPSA) is 61.7 Å². The van der Waals surface area contributed by atoms with Crippen molar-refractivity contribution in [2.75, 3.05) is 26.3 Å². The van der Waals surface area contributed by atoms with Crippen molar-refractivity contribution in [3.8, 4) is 0 Å². The summed E-state index contributed by atoms with van der Waals surface area (Å²) in [5.41, 5.74) is 0. The monoisotopic (exact) mass is 261 g/mol. The highest BCUT2D eigenvalue weighted by atomic mass is 16.5. The summed E-state index contributed by atoms with van der Waals surface area (Å²) in [6.45, 7) is 8.22. The molecule has 0 saturated carbocycles. The number of rotatable bonds is 12. The molecule has 0 aliphatic carbocycles. The van der Waals surface area contributed by atoms with Crippen molar-refractivity contribution >= 4 is 0 Å². The first-order valence-electron chi connectivity index (χ1n) is 7.22. The van der Waals surface area contributed by atoms with E-state index in [2.05, 4.69) is 12.2 Å². The molecule has 0 spiro atoms. The van der Waals surface area contributed by atoms with Crippen molar-refractivity contribution in [3.63, 3.8) is 0 Å². The predicted octanol–water partition coefficient (Wildman–Crippen LogP) is 1.55. The first-order chi connectivity index (χ1) is 8.57. The second kappa shape index (κ2) is 11.9. The van der Waals surface area contributed by atoms with Crippen molar-refractivity contribution in [2.24, 2.45) is 5.92 Å². The number of unbranched alkanes of at least 4 members (excludes halogenated alkanes) is 3. The maximum atomic E-state index is 9.63. The minimum Gasteiger partial charge on any atom is -0.392 e. The highest BCUT2D eigenvalue weighted by Gasteiger charge is 2.09. The lowest BCUT2D eigenvalue weighted by molar-refractivity contribution is 0.0326. The van der Waals surface area contributed by atoms with Gasteiger partial charge in [-0.2, -0.15) is 0 Å². The SMILES string of the molecule is CCCCCCOCC(O)CNCC(O)C(C)C. The third kappa shape index (κ3) is 11.0. The Morgan fingerprint density at radius 1 is 1.06 bits per heavy atom. The molecule has 0 aromatic rings. The van der Waals surface area contributed by atoms with Gasteiger partial charge in [-0.3, -0.25) is 0 Å². The minimum atomic E-state index is -0.490. The summed E-state index contributed by atoms with van der Waals surface area (Å²) in [5.74, 6) is 0.240. The molecule has 0 aromatic heterocycles. The van der Waals surface area contributed by atoms with Crippen LogP contribution in [-0.2, 0) is 4.74 Å². The van der Waals surface area contributed by atoms with Gasteiger partial charge in [-0.15, -0.1) is 0 Å². The van der Waals surface area contributed by atoms with Gasteiger partial charge < -0.3 is 20.3 Å². The first kappa shape index (κ1) is 17.8. The van der Waals surface area contributed by atoms with E-state index in [1.54, 1.807) is 0 Å². The molecular formula is C14H31NO3. The minimum absolute atomic E-state index is 0.240. The second-order valence-corrected chi connectivity index (χ2v) is 5.26. The van der Waals surface area contributed by atoms with Gasteiger partial charge >= 0.3 is 0 Å². The van der Waals surface area contributed by atoms with E-state index in [9.17, 15) is 10.2 Å². The van der Waals surface area contributed by atoms with Gasteiger partial charge in [0.15, 0.2) is 0 Å². The number of aliphatic hydroxyl groups excluding tert-OH is 2. The Balaban J connectivity index is 3.29. The molecule has 3 N–H and O–H groups in total. The van der Waals surface area contributed by atoms with Crippen LogP contribution in [0.25, 0.3) is 0 Å². The third-order valence-corrected chi connectivity index (χ3v) is 2.96. The van der Waals surface area contributed by atoms with Gasteiger partial charge in [0.1, 0.15) is 0 Å². The molecule has 110 valence electrons. The molecule has 0 rings (SSSR count). The number of hydrogen-bond donors (Lipinski definition) is 3. The lowest BCUT2D eigenvalue weighted by Crippen LogP contribution is -2.37. The Morgan fingerprint density at radius 3 is 2.39 bits per heavy atom. The fourth-order valence-electron chi connectivity index (χ4n) is 1.54. The fraction of sp³-hybridized carbons (Fsp3) is 1.00. The molecule has 0 amide bonds. The number of ether oxygens (including phenoxy) is 1. The maximum Gasteiger partial charge on any atom is 0.0897 e. The van der Waals surface area contributed by atoms with Crippen molar-refractivity contribution in [1.29, 1.82) is 0 Å². The summed E-state index contributed by atoms with van der Waals surface area (Å²) in [7, 11) is 0. The molecule has 4 heteroatoms. The Kier molecular flexibility index (Phi) is 11.8. The molecular weight excluding hydrogens is 230 g/mol. The Morgan fingerprint density at radius 2 is 1.78 bits per heavy atom. The summed E-state index contributed by atoms with van der Waals surface area (Å²) in [6, 6.07) is 0. The lowest BCUT2D eigenvalue weighted by Gasteiger charge is -2.17. The summed E-state index contributed by atoms with van der Waals surface area (Å²) < 4.78 is 5.39. The zero-order chi connectivity index (χ0) is 13.8. The normalized spacial score (nSPS) is 15.0. The van der Waals surface area contributed by atoms with E-state index < -0.39 is 6.10 Å². The van der Waals surface area contributed by atoms with E-state index in [0.717, 1.165) is 13.0 Å². The number of nitrogens with one attached hydrogen (secondary N) is 1. The Hall–Kier alpha value is -0.160. The fourth-order valence-corrected chi connectivity index (χ4v) is 1.54. The van der Waals surface area contributed by atoms with Gasteiger partial charge in [0.05, 0.1) is 18.8 Å². The van der Waals surface area contributed by atoms with Crippen LogP contribution in [-0.4, -0.2) is 48.7 Å². The van der Waals surface area contributed by atoms with Crippen LogP contribution in [0.4, 0.5) is 0 Å². The molecule has 2 atom stereocenters. The second-order valence-electron chi connectivity index (χ2n) is 5.26. The zero-order valence-corrected chi connectivity index (χ0v) is 12.2. The third-order valence-electron chi connectivity index (χ3n) is 2.96. The van der Waals surface area contributed by atoms with Crippen LogP contribution in [0.2, 0.25) is 0 Å². The van der Waals surface area contributed by atoms with Crippen molar-refractivity contribution < 1.29 is 14.9 Å². The molecule has 4 nitrogen and oxygen atoms in total. The largest absolute Gasteiger partial charge is 0.392 e. The van der Waals surface area contributed by atoms with Crippen LogP contribution in [0.15, 0.2) is 0 Å². The summed E-state index contributed by atoms with van der Waals surface area (Å²) in [4.78, 5) is 0. The van der Waals surface area contributed by atoms with Crippen LogP contribution in [0.3, 0.4) is 0 Å². The molecule has 18 heavy (non-hydrogen) atoms. The maximum absolute atomic E-state index is 9.63. The van der Waals surface area contributed by atoms with Crippen LogP contribution < -0.4 is 5.32 Å². The Bertz CT molecular complexity index is 176.